The number of benzene rings is 1. The Morgan fingerprint density at radius 2 is 2.02 bits per heavy atom. The molecule has 41 heavy (non-hydrogen) atoms. The fourth-order valence-electron chi connectivity index (χ4n) is 3.91. The van der Waals surface area contributed by atoms with Crippen LogP contribution in [0.3, 0.4) is 0 Å². The number of aromatic amines is 1. The number of carboxylic acids is 1. The zero-order valence-electron chi connectivity index (χ0n) is 22.0. The molecule has 1 fully saturated rings. The largest absolute Gasteiger partial charge is 0.490 e. The van der Waals surface area contributed by atoms with Crippen LogP contribution in [0, 0.1) is 5.92 Å². The maximum absolute atomic E-state index is 13.5. The Bertz CT molecular complexity index is 1550. The topological polar surface area (TPSA) is 125 Å². The molecule has 0 amide bonds. The Morgan fingerprint density at radius 1 is 1.27 bits per heavy atom. The van der Waals surface area contributed by atoms with Crippen LogP contribution in [0.15, 0.2) is 52.2 Å². The van der Waals surface area contributed by atoms with E-state index < -0.39 is 22.2 Å². The second kappa shape index (κ2) is 13.3. The number of nitrogens with zero attached hydrogens (tertiary/aromatic N) is 2. The van der Waals surface area contributed by atoms with Gasteiger partial charge in [0.1, 0.15) is 9.22 Å². The maximum atomic E-state index is 13.5. The van der Waals surface area contributed by atoms with Crippen molar-refractivity contribution in [2.45, 2.75) is 36.2 Å². The highest BCUT2D eigenvalue weighted by molar-refractivity contribution is 7.94. The summed E-state index contributed by atoms with van der Waals surface area (Å²) in [5.74, 6) is -2.34. The fourth-order valence-corrected chi connectivity index (χ4v) is 7.42. The molecule has 3 aromatic heterocycles. The Balaban J connectivity index is 0.000000493. The summed E-state index contributed by atoms with van der Waals surface area (Å²) >= 11 is 2.90. The molecule has 222 valence electrons. The Hall–Kier alpha value is -2.98. The summed E-state index contributed by atoms with van der Waals surface area (Å²) < 4.78 is 65.9. The van der Waals surface area contributed by atoms with Gasteiger partial charge in [0.05, 0.1) is 16.9 Å². The fraction of sp³-hybridized carbons (Fsp3) is 0.385. The second-order valence-electron chi connectivity index (χ2n) is 9.29. The third kappa shape index (κ3) is 8.07. The highest BCUT2D eigenvalue weighted by atomic mass is 32.2. The van der Waals surface area contributed by atoms with Crippen molar-refractivity contribution in [2.24, 2.45) is 5.92 Å². The molecule has 1 aliphatic rings. The van der Waals surface area contributed by atoms with Gasteiger partial charge in [-0.1, -0.05) is 18.2 Å². The van der Waals surface area contributed by atoms with Crippen molar-refractivity contribution in [2.75, 3.05) is 31.1 Å². The SMILES string of the molecule is COCCCNCc1cnc(-c2cc3cccc(N(CC4CC4)S(=O)(=O)c4cccs4)c3[nH]2)s1.O=C(O)C(F)(F)F. The average molecular weight is 631 g/mol. The molecule has 3 heterocycles. The van der Waals surface area contributed by atoms with Crippen LogP contribution in [-0.2, 0) is 26.1 Å². The van der Waals surface area contributed by atoms with Gasteiger partial charge in [-0.15, -0.1) is 22.7 Å². The van der Waals surface area contributed by atoms with Crippen LogP contribution >= 0.6 is 22.7 Å². The quantitative estimate of drug-likeness (QED) is 0.171. The summed E-state index contributed by atoms with van der Waals surface area (Å²) in [5.41, 5.74) is 2.42. The molecule has 9 nitrogen and oxygen atoms in total. The number of anilines is 1. The van der Waals surface area contributed by atoms with Crippen LogP contribution in [0.2, 0.25) is 0 Å². The van der Waals surface area contributed by atoms with E-state index in [-0.39, 0.29) is 0 Å². The smallest absolute Gasteiger partial charge is 0.475 e. The van der Waals surface area contributed by atoms with Crippen molar-refractivity contribution >= 4 is 55.3 Å². The molecule has 1 aromatic carbocycles. The van der Waals surface area contributed by atoms with E-state index in [1.165, 1.54) is 11.3 Å². The molecular weight excluding hydrogens is 602 g/mol. The van der Waals surface area contributed by atoms with Gasteiger partial charge in [-0.2, -0.15) is 13.2 Å². The molecular formula is C26H29F3N4O5S3. The molecule has 0 spiro atoms. The van der Waals surface area contributed by atoms with Gasteiger partial charge in [0.15, 0.2) is 0 Å². The summed E-state index contributed by atoms with van der Waals surface area (Å²) in [6.07, 6.45) is -0.0668. The standard InChI is InChI=1S/C24H28N4O3S3.C2HF3O2/c1-31-11-4-10-25-14-19-15-26-24(33-19)20-13-18-5-2-6-21(23(18)27-20)28(16-17-8-9-17)34(29,30)22-7-3-12-32-22;3-2(4,5)1(6)7/h2-3,5-7,12-13,15,17,25,27H,4,8-11,14,16H2,1H3;(H,6,7). The van der Waals surface area contributed by atoms with Gasteiger partial charge in [-0.25, -0.2) is 18.2 Å². The third-order valence-corrected chi connectivity index (χ3v) is 10.3. The van der Waals surface area contributed by atoms with Crippen LogP contribution in [-0.4, -0.2) is 62.4 Å². The number of H-pyrrole nitrogens is 1. The van der Waals surface area contributed by atoms with Crippen molar-refractivity contribution < 1.29 is 36.2 Å². The number of sulfonamides is 1. The number of nitrogens with one attached hydrogen (secondary N) is 2. The lowest BCUT2D eigenvalue weighted by Gasteiger charge is -2.24. The van der Waals surface area contributed by atoms with Crippen molar-refractivity contribution in [1.82, 2.24) is 15.3 Å². The molecule has 5 rings (SSSR count). The van der Waals surface area contributed by atoms with Crippen molar-refractivity contribution in [3.05, 3.63) is 52.9 Å². The number of thiophene rings is 1. The van der Waals surface area contributed by atoms with E-state index in [0.29, 0.717) is 22.4 Å². The number of ether oxygens (including phenoxy) is 1. The number of halogens is 3. The number of hydrogen-bond donors (Lipinski definition) is 3. The van der Waals surface area contributed by atoms with Crippen molar-refractivity contribution in [3.8, 4) is 10.7 Å². The average Bonchev–Trinajstić information content (AvgIpc) is 3.32. The summed E-state index contributed by atoms with van der Waals surface area (Å²) in [4.78, 5) is 18.1. The van der Waals surface area contributed by atoms with Crippen LogP contribution in [0.1, 0.15) is 24.1 Å². The lowest BCUT2D eigenvalue weighted by atomic mass is 10.2. The van der Waals surface area contributed by atoms with Crippen LogP contribution in [0.5, 0.6) is 0 Å². The van der Waals surface area contributed by atoms with E-state index in [9.17, 15) is 21.6 Å². The number of carboxylic acid groups (broad SMARTS) is 1. The molecule has 0 radical (unpaired) electrons. The van der Waals surface area contributed by atoms with E-state index in [1.54, 1.807) is 34.9 Å². The summed E-state index contributed by atoms with van der Waals surface area (Å²) in [6.45, 7) is 2.91. The monoisotopic (exact) mass is 630 g/mol. The molecule has 0 bridgehead atoms. The summed E-state index contributed by atoms with van der Waals surface area (Å²) in [7, 11) is -1.91. The maximum Gasteiger partial charge on any atom is 0.490 e. The molecule has 3 N–H and O–H groups in total. The number of alkyl halides is 3. The molecule has 0 saturated heterocycles. The first-order chi connectivity index (χ1) is 19.5. The molecule has 0 unspecified atom stereocenters. The van der Waals surface area contributed by atoms with Gasteiger partial charge >= 0.3 is 12.1 Å². The van der Waals surface area contributed by atoms with Crippen LogP contribution < -0.4 is 9.62 Å². The van der Waals surface area contributed by atoms with Crippen LogP contribution in [0.4, 0.5) is 18.9 Å². The number of hydrogen-bond acceptors (Lipinski definition) is 8. The highest BCUT2D eigenvalue weighted by Gasteiger charge is 2.38. The van der Waals surface area contributed by atoms with E-state index in [2.05, 4.69) is 21.4 Å². The van der Waals surface area contributed by atoms with E-state index in [4.69, 9.17) is 14.6 Å². The Kier molecular flexibility index (Phi) is 10.1. The van der Waals surface area contributed by atoms with E-state index >= 15 is 0 Å². The first-order valence-corrected chi connectivity index (χ1v) is 15.8. The number of fused-ring (bicyclic) bond motifs is 1. The zero-order valence-corrected chi connectivity index (χ0v) is 24.4. The number of aliphatic carboxylic acids is 1. The van der Waals surface area contributed by atoms with Gasteiger partial charge in [-0.05, 0) is 55.3 Å². The Morgan fingerprint density at radius 3 is 2.66 bits per heavy atom. The number of rotatable bonds is 12. The van der Waals surface area contributed by atoms with Gasteiger partial charge in [0.2, 0.25) is 0 Å². The van der Waals surface area contributed by atoms with Crippen molar-refractivity contribution in [3.63, 3.8) is 0 Å². The summed E-state index contributed by atoms with van der Waals surface area (Å²) in [6, 6.07) is 11.4. The minimum atomic E-state index is -5.08. The van der Waals surface area contributed by atoms with E-state index in [1.807, 2.05) is 29.8 Å². The molecule has 4 aromatic rings. The Labute approximate surface area is 243 Å². The minimum Gasteiger partial charge on any atom is -0.475 e. The second-order valence-corrected chi connectivity index (χ2v) is 13.4. The normalized spacial score (nSPS) is 13.7. The molecule has 1 saturated carbocycles. The van der Waals surface area contributed by atoms with Gasteiger partial charge < -0.3 is 20.1 Å². The summed E-state index contributed by atoms with van der Waals surface area (Å²) in [5, 5.41) is 14.2. The van der Waals surface area contributed by atoms with Crippen molar-refractivity contribution in [1.29, 1.82) is 0 Å². The molecule has 0 atom stereocenters. The third-order valence-electron chi connectivity index (χ3n) is 6.09. The number of aromatic nitrogens is 2. The highest BCUT2D eigenvalue weighted by Crippen LogP contribution is 2.39. The first kappa shape index (κ1) is 31.0. The first-order valence-electron chi connectivity index (χ1n) is 12.6. The minimum absolute atomic E-state index is 0.375. The molecule has 15 heteroatoms. The lowest BCUT2D eigenvalue weighted by molar-refractivity contribution is -0.192. The lowest BCUT2D eigenvalue weighted by Crippen LogP contribution is -2.32. The molecule has 0 aliphatic heterocycles. The van der Waals surface area contributed by atoms with Gasteiger partial charge in [0, 0.05) is 43.3 Å². The number of methoxy groups -OCH3 is 1. The number of para-hydroxylation sites is 1. The number of thiazole rings is 1. The van der Waals surface area contributed by atoms with Crippen LogP contribution in [0.25, 0.3) is 21.6 Å². The zero-order chi connectivity index (χ0) is 29.6. The predicted octanol–water partition coefficient (Wildman–Crippen LogP) is 5.72. The molecule has 1 aliphatic carbocycles. The van der Waals surface area contributed by atoms with E-state index in [0.717, 1.165) is 65.4 Å². The van der Waals surface area contributed by atoms with Gasteiger partial charge in [0.25, 0.3) is 10.0 Å². The predicted molar refractivity (Wildman–Crippen MR) is 153 cm³/mol. The number of carbonyl (C=O) groups is 1. The van der Waals surface area contributed by atoms with Gasteiger partial charge in [-0.3, -0.25) is 4.31 Å².